The van der Waals surface area contributed by atoms with Gasteiger partial charge in [-0.2, -0.15) is 5.10 Å². The molecule has 3 unspecified atom stereocenters. The van der Waals surface area contributed by atoms with Crippen LogP contribution in [0.25, 0.3) is 11.3 Å². The maximum absolute atomic E-state index is 15.2. The molecule has 3 heterocycles. The van der Waals surface area contributed by atoms with E-state index in [1.165, 1.54) is 15.8 Å². The van der Waals surface area contributed by atoms with E-state index in [1.54, 1.807) is 51.4 Å². The SMILES string of the molecule is Cc1c(C(C)NC(=O)C2CC(O)CN2C(=O)CC(C)C)ccc(-c2cc(Cl)nn2C)c1F.c1cnoc1. The number of nitrogens with zero attached hydrogens (tertiary/aromatic N) is 4. The molecular formula is C26H33ClFN5O4. The van der Waals surface area contributed by atoms with Gasteiger partial charge in [0.2, 0.25) is 11.8 Å². The van der Waals surface area contributed by atoms with Crippen LogP contribution in [0.15, 0.2) is 41.2 Å². The number of halogens is 2. The van der Waals surface area contributed by atoms with E-state index < -0.39 is 24.0 Å². The van der Waals surface area contributed by atoms with Crippen LogP contribution >= 0.6 is 11.6 Å². The van der Waals surface area contributed by atoms with Crippen molar-refractivity contribution in [3.05, 3.63) is 58.8 Å². The summed E-state index contributed by atoms with van der Waals surface area (Å²) in [5.74, 6) is -0.756. The summed E-state index contributed by atoms with van der Waals surface area (Å²) >= 11 is 5.93. The minimum atomic E-state index is -0.736. The van der Waals surface area contributed by atoms with Gasteiger partial charge in [0.25, 0.3) is 0 Å². The molecule has 0 bridgehead atoms. The van der Waals surface area contributed by atoms with Crippen molar-refractivity contribution in [3.8, 4) is 11.3 Å². The van der Waals surface area contributed by atoms with Gasteiger partial charge < -0.3 is 19.8 Å². The number of benzene rings is 1. The Labute approximate surface area is 220 Å². The van der Waals surface area contributed by atoms with Crippen molar-refractivity contribution in [2.24, 2.45) is 13.0 Å². The molecule has 3 atom stereocenters. The average Bonchev–Trinajstić information content (AvgIpc) is 3.57. The van der Waals surface area contributed by atoms with Crippen molar-refractivity contribution in [2.75, 3.05) is 6.54 Å². The van der Waals surface area contributed by atoms with E-state index >= 15 is 4.39 Å². The average molecular weight is 534 g/mol. The van der Waals surface area contributed by atoms with Crippen LogP contribution < -0.4 is 5.32 Å². The van der Waals surface area contributed by atoms with Gasteiger partial charge >= 0.3 is 0 Å². The van der Waals surface area contributed by atoms with Crippen molar-refractivity contribution >= 4 is 23.4 Å². The van der Waals surface area contributed by atoms with E-state index in [2.05, 4.69) is 20.1 Å². The molecule has 1 aliphatic heterocycles. The highest BCUT2D eigenvalue weighted by molar-refractivity contribution is 6.29. The number of hydrogen-bond acceptors (Lipinski definition) is 6. The Morgan fingerprint density at radius 1 is 1.32 bits per heavy atom. The fourth-order valence-electron chi connectivity index (χ4n) is 4.42. The predicted octanol–water partition coefficient (Wildman–Crippen LogP) is 4.05. The van der Waals surface area contributed by atoms with Gasteiger partial charge in [-0.15, -0.1) is 0 Å². The maximum Gasteiger partial charge on any atom is 0.243 e. The molecule has 1 fully saturated rings. The number of aryl methyl sites for hydroxylation is 1. The summed E-state index contributed by atoms with van der Waals surface area (Å²) in [6.45, 7) is 7.44. The molecule has 0 saturated carbocycles. The molecule has 9 nitrogen and oxygen atoms in total. The molecule has 200 valence electrons. The molecule has 4 rings (SSSR count). The molecule has 11 heteroatoms. The number of nitrogens with one attached hydrogen (secondary N) is 1. The second-order valence-corrected chi connectivity index (χ2v) is 9.97. The highest BCUT2D eigenvalue weighted by Gasteiger charge is 2.39. The summed E-state index contributed by atoms with van der Waals surface area (Å²) in [6.07, 6.45) is 2.87. The largest absolute Gasteiger partial charge is 0.391 e. The standard InChI is InChI=1S/C23H30ClFN4O3.C3H3NO/c1-12(2)8-21(31)29-11-15(30)9-19(29)23(32)26-14(4)16-6-7-17(22(25)13(16)3)18-10-20(24)27-28(18)5;1-2-4-5-3-1/h6-7,10,12,14-15,19,30H,8-9,11H2,1-5H3,(H,26,32);1-3H. The van der Waals surface area contributed by atoms with Crippen LogP contribution in [0, 0.1) is 18.7 Å². The van der Waals surface area contributed by atoms with Gasteiger partial charge in [-0.05, 0) is 43.0 Å². The summed E-state index contributed by atoms with van der Waals surface area (Å²) in [4.78, 5) is 27.0. The number of β-amino-alcohol motifs (C(OH)–C–C–N with tert-alkyl or cyclic N) is 1. The second-order valence-electron chi connectivity index (χ2n) is 9.59. The molecule has 0 aliphatic carbocycles. The Hall–Kier alpha value is -3.24. The number of carbonyl (C=O) groups excluding carboxylic acids is 2. The van der Waals surface area contributed by atoms with Gasteiger partial charge in [-0.3, -0.25) is 14.3 Å². The van der Waals surface area contributed by atoms with E-state index in [0.717, 1.165) is 0 Å². The topological polar surface area (TPSA) is 113 Å². The van der Waals surface area contributed by atoms with Crippen molar-refractivity contribution in [1.29, 1.82) is 0 Å². The normalized spacial score (nSPS) is 17.9. The fraction of sp³-hybridized carbons (Fsp3) is 0.462. The first-order valence-electron chi connectivity index (χ1n) is 12.1. The summed E-state index contributed by atoms with van der Waals surface area (Å²) < 4.78 is 21.0. The van der Waals surface area contributed by atoms with E-state index in [0.29, 0.717) is 28.8 Å². The number of aromatic nitrogens is 3. The fourth-order valence-corrected chi connectivity index (χ4v) is 4.64. The Balaban J connectivity index is 0.000000678. The van der Waals surface area contributed by atoms with Crippen LogP contribution in [-0.2, 0) is 16.6 Å². The van der Waals surface area contributed by atoms with Gasteiger partial charge in [-0.25, -0.2) is 4.39 Å². The van der Waals surface area contributed by atoms with Crippen molar-refractivity contribution in [2.45, 2.75) is 58.7 Å². The second kappa shape index (κ2) is 12.3. The number of aliphatic hydroxyl groups excluding tert-OH is 1. The lowest BCUT2D eigenvalue weighted by Crippen LogP contribution is -2.46. The number of aliphatic hydroxyl groups is 1. The third kappa shape index (κ3) is 6.95. The third-order valence-electron chi connectivity index (χ3n) is 6.21. The zero-order valence-electron chi connectivity index (χ0n) is 21.6. The van der Waals surface area contributed by atoms with Crippen LogP contribution in [-0.4, -0.2) is 55.4 Å². The minimum Gasteiger partial charge on any atom is -0.391 e. The lowest BCUT2D eigenvalue weighted by molar-refractivity contribution is -0.139. The Kier molecular flexibility index (Phi) is 9.45. The molecule has 37 heavy (non-hydrogen) atoms. The highest BCUT2D eigenvalue weighted by Crippen LogP contribution is 2.31. The summed E-state index contributed by atoms with van der Waals surface area (Å²) in [5.41, 5.74) is 1.97. The number of hydrogen-bond donors (Lipinski definition) is 2. The third-order valence-corrected chi connectivity index (χ3v) is 6.40. The Bertz CT molecular complexity index is 1200. The molecule has 0 spiro atoms. The van der Waals surface area contributed by atoms with E-state index in [9.17, 15) is 14.7 Å². The Morgan fingerprint density at radius 2 is 2.05 bits per heavy atom. The van der Waals surface area contributed by atoms with Crippen LogP contribution in [0.4, 0.5) is 4.39 Å². The molecule has 2 amide bonds. The summed E-state index contributed by atoms with van der Waals surface area (Å²) in [6, 6.07) is 5.51. The maximum atomic E-state index is 15.2. The quantitative estimate of drug-likeness (QED) is 0.494. The minimum absolute atomic E-state index is 0.146. The van der Waals surface area contributed by atoms with Crippen molar-refractivity contribution in [3.63, 3.8) is 0 Å². The molecule has 3 aromatic rings. The van der Waals surface area contributed by atoms with Gasteiger partial charge in [0.1, 0.15) is 18.1 Å². The number of carbonyl (C=O) groups is 2. The van der Waals surface area contributed by atoms with E-state index in [1.807, 2.05) is 13.8 Å². The van der Waals surface area contributed by atoms with Gasteiger partial charge in [0, 0.05) is 38.1 Å². The first-order valence-corrected chi connectivity index (χ1v) is 12.5. The van der Waals surface area contributed by atoms with Crippen LogP contribution in [0.1, 0.15) is 50.8 Å². The smallest absolute Gasteiger partial charge is 0.243 e. The Morgan fingerprint density at radius 3 is 2.59 bits per heavy atom. The molecule has 1 aliphatic rings. The molecule has 2 aromatic heterocycles. The first-order chi connectivity index (χ1) is 17.5. The van der Waals surface area contributed by atoms with Crippen LogP contribution in [0.2, 0.25) is 5.15 Å². The molecule has 1 saturated heterocycles. The lowest BCUT2D eigenvalue weighted by atomic mass is 9.97. The van der Waals surface area contributed by atoms with Gasteiger partial charge in [0.05, 0.1) is 24.0 Å². The van der Waals surface area contributed by atoms with Gasteiger partial charge in [0.15, 0.2) is 5.15 Å². The van der Waals surface area contributed by atoms with Crippen molar-refractivity contribution < 1.29 is 23.6 Å². The van der Waals surface area contributed by atoms with Crippen LogP contribution in [0.5, 0.6) is 0 Å². The number of amides is 2. The van der Waals surface area contributed by atoms with Gasteiger partial charge in [-0.1, -0.05) is 36.7 Å². The summed E-state index contributed by atoms with van der Waals surface area (Å²) in [7, 11) is 1.69. The van der Waals surface area contributed by atoms with E-state index in [-0.39, 0.29) is 35.9 Å². The molecule has 2 N–H and O–H groups in total. The number of likely N-dealkylation sites (tertiary alicyclic amines) is 1. The zero-order chi connectivity index (χ0) is 27.3. The first kappa shape index (κ1) is 28.3. The predicted molar refractivity (Wildman–Crippen MR) is 137 cm³/mol. The monoisotopic (exact) mass is 533 g/mol. The highest BCUT2D eigenvalue weighted by atomic mass is 35.5. The number of rotatable bonds is 6. The van der Waals surface area contributed by atoms with Crippen molar-refractivity contribution in [1.82, 2.24) is 25.2 Å². The zero-order valence-corrected chi connectivity index (χ0v) is 22.4. The van der Waals surface area contributed by atoms with Crippen LogP contribution in [0.3, 0.4) is 0 Å². The molecule has 1 aromatic carbocycles. The lowest BCUT2D eigenvalue weighted by Gasteiger charge is -2.26. The molecule has 0 radical (unpaired) electrons. The summed E-state index contributed by atoms with van der Waals surface area (Å²) in [5, 5.41) is 20.6. The van der Waals surface area contributed by atoms with E-state index in [4.69, 9.17) is 11.6 Å². The molecular weight excluding hydrogens is 501 g/mol.